The molecule has 1 saturated carbocycles. The predicted molar refractivity (Wildman–Crippen MR) is 81.2 cm³/mol. The minimum Gasteiger partial charge on any atom is -0.351 e. The molecule has 0 aromatic carbocycles. The van der Waals surface area contributed by atoms with Crippen molar-refractivity contribution in [1.29, 1.82) is 0 Å². The summed E-state index contributed by atoms with van der Waals surface area (Å²) in [6.45, 7) is 5.11. The molecule has 1 amide bonds. The van der Waals surface area contributed by atoms with Crippen molar-refractivity contribution in [3.05, 3.63) is 17.5 Å². The normalized spacial score (nSPS) is 24.7. The van der Waals surface area contributed by atoms with Crippen molar-refractivity contribution in [1.82, 2.24) is 10.1 Å². The Morgan fingerprint density at radius 2 is 2.14 bits per heavy atom. The van der Waals surface area contributed by atoms with Crippen molar-refractivity contribution >= 4 is 5.91 Å². The largest absolute Gasteiger partial charge is 0.351 e. The molecular weight excluding hydrogens is 264 g/mol. The average molecular weight is 290 g/mol. The van der Waals surface area contributed by atoms with Gasteiger partial charge in [0.2, 0.25) is 5.76 Å². The van der Waals surface area contributed by atoms with Crippen LogP contribution in [0.15, 0.2) is 10.6 Å². The Balaban J connectivity index is 1.72. The number of amides is 1. The zero-order valence-corrected chi connectivity index (χ0v) is 13.2. The lowest BCUT2D eigenvalue weighted by molar-refractivity contribution is 0.0647. The van der Waals surface area contributed by atoms with Crippen LogP contribution >= 0.6 is 0 Å². The molecule has 2 aliphatic rings. The van der Waals surface area contributed by atoms with E-state index in [2.05, 4.69) is 23.9 Å². The van der Waals surface area contributed by atoms with Crippen LogP contribution in [-0.4, -0.2) is 28.6 Å². The number of hydrogen-bond donors (Lipinski definition) is 0. The van der Waals surface area contributed by atoms with Gasteiger partial charge in [-0.2, -0.15) is 0 Å². The molecule has 0 N–H and O–H groups in total. The maximum atomic E-state index is 12.7. The van der Waals surface area contributed by atoms with E-state index < -0.39 is 0 Å². The summed E-state index contributed by atoms with van der Waals surface area (Å²) in [6.07, 6.45) is 8.50. The van der Waals surface area contributed by atoms with E-state index in [1.807, 2.05) is 6.07 Å². The van der Waals surface area contributed by atoms with Gasteiger partial charge in [0.25, 0.3) is 5.91 Å². The number of carbonyl (C=O) groups excluding carboxylic acids is 1. The Hall–Kier alpha value is -1.32. The van der Waals surface area contributed by atoms with E-state index >= 15 is 0 Å². The first kappa shape index (κ1) is 14.6. The molecule has 3 rings (SSSR count). The molecule has 0 bridgehead atoms. The van der Waals surface area contributed by atoms with Gasteiger partial charge < -0.3 is 9.42 Å². The molecule has 0 unspecified atom stereocenters. The first-order chi connectivity index (χ1) is 10.2. The highest BCUT2D eigenvalue weighted by atomic mass is 16.5. The van der Waals surface area contributed by atoms with Crippen molar-refractivity contribution in [3.63, 3.8) is 0 Å². The molecule has 1 aliphatic carbocycles. The van der Waals surface area contributed by atoms with Crippen molar-refractivity contribution in [2.75, 3.05) is 6.54 Å². The molecule has 116 valence electrons. The van der Waals surface area contributed by atoms with Gasteiger partial charge in [0, 0.05) is 24.6 Å². The topological polar surface area (TPSA) is 46.3 Å². The number of hydrogen-bond acceptors (Lipinski definition) is 3. The van der Waals surface area contributed by atoms with Gasteiger partial charge >= 0.3 is 0 Å². The molecule has 1 aromatic rings. The fourth-order valence-electron chi connectivity index (χ4n) is 3.85. The molecule has 4 heteroatoms. The summed E-state index contributed by atoms with van der Waals surface area (Å²) in [5, 5.41) is 4.08. The monoisotopic (exact) mass is 290 g/mol. The van der Waals surface area contributed by atoms with Crippen LogP contribution in [0, 0.1) is 5.92 Å². The molecule has 1 aliphatic heterocycles. The fourth-order valence-corrected chi connectivity index (χ4v) is 3.85. The summed E-state index contributed by atoms with van der Waals surface area (Å²) in [4.78, 5) is 14.8. The van der Waals surface area contributed by atoms with Crippen LogP contribution in [0.25, 0.3) is 0 Å². The highest BCUT2D eigenvalue weighted by Gasteiger charge is 2.37. The zero-order chi connectivity index (χ0) is 14.8. The molecule has 1 saturated heterocycles. The van der Waals surface area contributed by atoms with E-state index in [4.69, 9.17) is 4.52 Å². The first-order valence-electron chi connectivity index (χ1n) is 8.48. The van der Waals surface area contributed by atoms with Crippen LogP contribution in [-0.2, 0) is 0 Å². The third-order valence-corrected chi connectivity index (χ3v) is 5.36. The van der Waals surface area contributed by atoms with Crippen molar-refractivity contribution in [2.24, 2.45) is 5.92 Å². The third-order valence-electron chi connectivity index (χ3n) is 5.36. The van der Waals surface area contributed by atoms with E-state index in [0.717, 1.165) is 31.5 Å². The van der Waals surface area contributed by atoms with E-state index in [-0.39, 0.29) is 5.91 Å². The highest BCUT2D eigenvalue weighted by Crippen LogP contribution is 2.36. The van der Waals surface area contributed by atoms with Crippen molar-refractivity contribution in [3.8, 4) is 0 Å². The number of likely N-dealkylation sites (tertiary alicyclic amines) is 1. The lowest BCUT2D eigenvalue weighted by Crippen LogP contribution is -2.39. The summed E-state index contributed by atoms with van der Waals surface area (Å²) in [5.41, 5.74) is 0.900. The van der Waals surface area contributed by atoms with Crippen LogP contribution < -0.4 is 0 Å². The molecule has 4 nitrogen and oxygen atoms in total. The molecule has 1 aromatic heterocycles. The van der Waals surface area contributed by atoms with Crippen LogP contribution in [0.4, 0.5) is 0 Å². The minimum absolute atomic E-state index is 0.0476. The number of rotatable bonds is 4. The summed E-state index contributed by atoms with van der Waals surface area (Å²) in [5.74, 6) is 1.52. The van der Waals surface area contributed by atoms with E-state index in [9.17, 15) is 4.79 Å². The molecule has 2 heterocycles. The molecule has 2 fully saturated rings. The van der Waals surface area contributed by atoms with Gasteiger partial charge in [-0.25, -0.2) is 0 Å². The van der Waals surface area contributed by atoms with Gasteiger partial charge in [-0.3, -0.25) is 4.79 Å². The van der Waals surface area contributed by atoms with Gasteiger partial charge in [-0.15, -0.1) is 0 Å². The number of carbonyl (C=O) groups is 1. The molecular formula is C17H26N2O2. The molecule has 2 atom stereocenters. The summed E-state index contributed by atoms with van der Waals surface area (Å²) in [7, 11) is 0. The third kappa shape index (κ3) is 2.85. The van der Waals surface area contributed by atoms with Gasteiger partial charge in [-0.05, 0) is 38.0 Å². The lowest BCUT2D eigenvalue weighted by atomic mass is 9.96. The lowest BCUT2D eigenvalue weighted by Gasteiger charge is -2.28. The molecule has 0 spiro atoms. The van der Waals surface area contributed by atoms with E-state index in [0.29, 0.717) is 23.6 Å². The predicted octanol–water partition coefficient (Wildman–Crippen LogP) is 3.98. The Kier molecular flexibility index (Phi) is 4.32. The highest BCUT2D eigenvalue weighted by molar-refractivity contribution is 5.92. The number of nitrogens with zero attached hydrogens (tertiary/aromatic N) is 2. The second-order valence-electron chi connectivity index (χ2n) is 6.68. The second-order valence-corrected chi connectivity index (χ2v) is 6.68. The van der Waals surface area contributed by atoms with Crippen LogP contribution in [0.5, 0.6) is 0 Å². The van der Waals surface area contributed by atoms with E-state index in [1.165, 1.54) is 25.7 Å². The first-order valence-corrected chi connectivity index (χ1v) is 8.48. The standard InChI is InChI=1S/C17H26N2O2/c1-3-12(2)14-11-16(21-18-14)17(20)19-10-6-9-15(19)13-7-4-5-8-13/h11-13,15H,3-10H2,1-2H3/t12-,15+/m1/s1. The Morgan fingerprint density at radius 3 is 2.86 bits per heavy atom. The minimum atomic E-state index is 0.0476. The Bertz CT molecular complexity index is 491. The smallest absolute Gasteiger partial charge is 0.292 e. The van der Waals surface area contributed by atoms with E-state index in [1.54, 1.807) is 0 Å². The van der Waals surface area contributed by atoms with Gasteiger partial charge in [0.1, 0.15) is 0 Å². The van der Waals surface area contributed by atoms with Gasteiger partial charge in [0.15, 0.2) is 0 Å². The quantitative estimate of drug-likeness (QED) is 0.842. The Labute approximate surface area is 126 Å². The van der Waals surface area contributed by atoms with Crippen LogP contribution in [0.2, 0.25) is 0 Å². The molecule has 21 heavy (non-hydrogen) atoms. The zero-order valence-electron chi connectivity index (χ0n) is 13.2. The SMILES string of the molecule is CC[C@@H](C)c1cc(C(=O)N2CCC[C@H]2C2CCCC2)on1. The Morgan fingerprint density at radius 1 is 1.38 bits per heavy atom. The van der Waals surface area contributed by atoms with Gasteiger partial charge in [0.05, 0.1) is 5.69 Å². The fraction of sp³-hybridized carbons (Fsp3) is 0.765. The second kappa shape index (κ2) is 6.20. The van der Waals surface area contributed by atoms with Crippen molar-refractivity contribution < 1.29 is 9.32 Å². The maximum absolute atomic E-state index is 12.7. The summed E-state index contributed by atoms with van der Waals surface area (Å²) in [6, 6.07) is 2.28. The van der Waals surface area contributed by atoms with Gasteiger partial charge in [-0.1, -0.05) is 31.8 Å². The summed E-state index contributed by atoms with van der Waals surface area (Å²) < 4.78 is 5.33. The van der Waals surface area contributed by atoms with Crippen LogP contribution in [0.1, 0.15) is 81.0 Å². The van der Waals surface area contributed by atoms with Crippen molar-refractivity contribution in [2.45, 2.75) is 70.8 Å². The number of aromatic nitrogens is 1. The summed E-state index contributed by atoms with van der Waals surface area (Å²) >= 11 is 0. The average Bonchev–Trinajstić information content (AvgIpc) is 3.25. The van der Waals surface area contributed by atoms with Crippen LogP contribution in [0.3, 0.4) is 0 Å². The molecule has 0 radical (unpaired) electrons. The maximum Gasteiger partial charge on any atom is 0.292 e.